The lowest BCUT2D eigenvalue weighted by Gasteiger charge is -2.03. The molecule has 2 N–H and O–H groups in total. The molecule has 0 aliphatic carbocycles. The predicted octanol–water partition coefficient (Wildman–Crippen LogP) is 1.19. The Morgan fingerprint density at radius 1 is 1.50 bits per heavy atom. The number of anilines is 1. The van der Waals surface area contributed by atoms with Gasteiger partial charge in [-0.1, -0.05) is 11.3 Å². The van der Waals surface area contributed by atoms with Crippen molar-refractivity contribution in [3.05, 3.63) is 21.8 Å². The van der Waals surface area contributed by atoms with E-state index in [1.54, 1.807) is 30.9 Å². The molecule has 0 bridgehead atoms. The van der Waals surface area contributed by atoms with Crippen LogP contribution in [0.25, 0.3) is 10.2 Å². The molecule has 2 aromatic rings. The molecule has 74 valence electrons. The summed E-state index contributed by atoms with van der Waals surface area (Å²) >= 11 is 1.19. The minimum Gasteiger partial charge on any atom is -0.495 e. The third kappa shape index (κ3) is 1.17. The Kier molecular flexibility index (Phi) is 1.96. The number of hydrogen-bond acceptors (Lipinski definition) is 4. The van der Waals surface area contributed by atoms with Gasteiger partial charge in [-0.25, -0.2) is 0 Å². The van der Waals surface area contributed by atoms with Crippen LogP contribution in [0.15, 0.2) is 16.9 Å². The van der Waals surface area contributed by atoms with E-state index in [1.165, 1.54) is 11.3 Å². The van der Waals surface area contributed by atoms with Crippen LogP contribution in [0.3, 0.4) is 0 Å². The monoisotopic (exact) mass is 210 g/mol. The van der Waals surface area contributed by atoms with Gasteiger partial charge in [-0.05, 0) is 6.07 Å². The van der Waals surface area contributed by atoms with Crippen LogP contribution in [-0.4, -0.2) is 11.7 Å². The van der Waals surface area contributed by atoms with Gasteiger partial charge in [0.15, 0.2) is 0 Å². The van der Waals surface area contributed by atoms with Gasteiger partial charge < -0.3 is 15.0 Å². The van der Waals surface area contributed by atoms with Crippen LogP contribution in [-0.2, 0) is 7.05 Å². The van der Waals surface area contributed by atoms with Gasteiger partial charge in [-0.15, -0.1) is 0 Å². The molecule has 1 aromatic carbocycles. The summed E-state index contributed by atoms with van der Waals surface area (Å²) in [5.74, 6) is 0.611. The molecule has 0 radical (unpaired) electrons. The fraction of sp³-hybridized carbons (Fsp3) is 0.222. The van der Waals surface area contributed by atoms with E-state index < -0.39 is 0 Å². The molecule has 0 spiro atoms. The average molecular weight is 210 g/mol. The number of hydrogen-bond donors (Lipinski definition) is 1. The van der Waals surface area contributed by atoms with E-state index in [-0.39, 0.29) is 4.87 Å². The molecule has 2 rings (SSSR count). The van der Waals surface area contributed by atoms with Gasteiger partial charge in [0.1, 0.15) is 5.75 Å². The standard InChI is InChI=1S/C9H10N2O2S/c1-11-6-3-5(10)7(13-2)4-8(6)14-9(11)12/h3-4H,10H2,1-2H3. The predicted molar refractivity (Wildman–Crippen MR) is 58.0 cm³/mol. The first-order valence-corrected chi connectivity index (χ1v) is 4.88. The van der Waals surface area contributed by atoms with Crippen LogP contribution < -0.4 is 15.3 Å². The molecule has 4 nitrogen and oxygen atoms in total. The second-order valence-electron chi connectivity index (χ2n) is 2.99. The molecule has 0 amide bonds. The molecule has 1 aromatic heterocycles. The number of nitrogens with zero attached hydrogens (tertiary/aromatic N) is 1. The first-order chi connectivity index (χ1) is 6.63. The summed E-state index contributed by atoms with van der Waals surface area (Å²) in [6.07, 6.45) is 0. The van der Waals surface area contributed by atoms with Gasteiger partial charge in [0.2, 0.25) is 0 Å². The quantitative estimate of drug-likeness (QED) is 0.719. The first kappa shape index (κ1) is 9.08. The number of thiazole rings is 1. The molecule has 0 saturated heterocycles. The molecule has 0 fully saturated rings. The number of nitrogens with two attached hydrogens (primary N) is 1. The molecular weight excluding hydrogens is 200 g/mol. The number of benzene rings is 1. The smallest absolute Gasteiger partial charge is 0.307 e. The molecule has 0 atom stereocenters. The first-order valence-electron chi connectivity index (χ1n) is 4.06. The highest BCUT2D eigenvalue weighted by Gasteiger charge is 2.08. The van der Waals surface area contributed by atoms with Crippen molar-refractivity contribution in [2.75, 3.05) is 12.8 Å². The van der Waals surface area contributed by atoms with E-state index in [4.69, 9.17) is 10.5 Å². The summed E-state index contributed by atoms with van der Waals surface area (Å²) in [6.45, 7) is 0. The van der Waals surface area contributed by atoms with Crippen molar-refractivity contribution < 1.29 is 4.74 Å². The van der Waals surface area contributed by atoms with E-state index in [1.807, 2.05) is 0 Å². The number of aromatic nitrogens is 1. The maximum absolute atomic E-state index is 11.3. The van der Waals surface area contributed by atoms with E-state index >= 15 is 0 Å². The average Bonchev–Trinajstić information content (AvgIpc) is 2.43. The Balaban J connectivity index is 2.86. The third-order valence-corrected chi connectivity index (χ3v) is 3.14. The highest BCUT2D eigenvalue weighted by Crippen LogP contribution is 2.28. The normalized spacial score (nSPS) is 10.7. The molecule has 14 heavy (non-hydrogen) atoms. The van der Waals surface area contributed by atoms with Gasteiger partial charge in [-0.3, -0.25) is 4.79 Å². The van der Waals surface area contributed by atoms with Crippen LogP contribution in [0.2, 0.25) is 0 Å². The van der Waals surface area contributed by atoms with Crippen molar-refractivity contribution in [1.82, 2.24) is 4.57 Å². The minimum atomic E-state index is 0.00709. The SMILES string of the molecule is COc1cc2sc(=O)n(C)c2cc1N. The van der Waals surface area contributed by atoms with Crippen LogP contribution >= 0.6 is 11.3 Å². The van der Waals surface area contributed by atoms with Gasteiger partial charge in [-0.2, -0.15) is 0 Å². The summed E-state index contributed by atoms with van der Waals surface area (Å²) in [6, 6.07) is 3.54. The fourth-order valence-corrected chi connectivity index (χ4v) is 2.24. The van der Waals surface area contributed by atoms with Crippen LogP contribution in [0.4, 0.5) is 5.69 Å². The number of methoxy groups -OCH3 is 1. The van der Waals surface area contributed by atoms with Crippen molar-refractivity contribution in [3.63, 3.8) is 0 Å². The van der Waals surface area contributed by atoms with Crippen LogP contribution in [0, 0.1) is 0 Å². The van der Waals surface area contributed by atoms with Crippen molar-refractivity contribution in [1.29, 1.82) is 0 Å². The van der Waals surface area contributed by atoms with Crippen LogP contribution in [0.1, 0.15) is 0 Å². The highest BCUT2D eigenvalue weighted by atomic mass is 32.1. The third-order valence-electron chi connectivity index (χ3n) is 2.14. The molecule has 0 saturated carbocycles. The Morgan fingerprint density at radius 3 is 2.86 bits per heavy atom. The zero-order valence-electron chi connectivity index (χ0n) is 7.90. The fourth-order valence-electron chi connectivity index (χ4n) is 1.35. The minimum absolute atomic E-state index is 0.00709. The Morgan fingerprint density at radius 2 is 2.21 bits per heavy atom. The van der Waals surface area contributed by atoms with Crippen molar-refractivity contribution >= 4 is 27.2 Å². The zero-order valence-corrected chi connectivity index (χ0v) is 8.72. The molecular formula is C9H10N2O2S. The maximum Gasteiger partial charge on any atom is 0.307 e. The molecule has 0 aliphatic rings. The second-order valence-corrected chi connectivity index (χ2v) is 3.98. The second kappa shape index (κ2) is 3.02. The topological polar surface area (TPSA) is 57.2 Å². The number of aryl methyl sites for hydroxylation is 1. The van der Waals surface area contributed by atoms with E-state index in [0.29, 0.717) is 11.4 Å². The molecule has 5 heteroatoms. The highest BCUT2D eigenvalue weighted by molar-refractivity contribution is 7.16. The van der Waals surface area contributed by atoms with Crippen molar-refractivity contribution in [2.24, 2.45) is 7.05 Å². The maximum atomic E-state index is 11.3. The van der Waals surface area contributed by atoms with Gasteiger partial charge in [0.25, 0.3) is 0 Å². The number of rotatable bonds is 1. The van der Waals surface area contributed by atoms with Crippen molar-refractivity contribution in [3.8, 4) is 5.75 Å². The van der Waals surface area contributed by atoms with E-state index in [0.717, 1.165) is 10.2 Å². The summed E-state index contributed by atoms with van der Waals surface area (Å²) in [4.78, 5) is 11.4. The molecule has 0 aliphatic heterocycles. The summed E-state index contributed by atoms with van der Waals surface area (Å²) < 4.78 is 7.54. The summed E-state index contributed by atoms with van der Waals surface area (Å²) in [7, 11) is 3.29. The molecule has 0 unspecified atom stereocenters. The van der Waals surface area contributed by atoms with Gasteiger partial charge in [0.05, 0.1) is 23.0 Å². The largest absolute Gasteiger partial charge is 0.495 e. The summed E-state index contributed by atoms with van der Waals surface area (Å²) in [5, 5.41) is 0. The lowest BCUT2D eigenvalue weighted by atomic mass is 10.3. The number of fused-ring (bicyclic) bond motifs is 1. The molecule has 1 heterocycles. The van der Waals surface area contributed by atoms with E-state index in [9.17, 15) is 4.79 Å². The van der Waals surface area contributed by atoms with Crippen molar-refractivity contribution in [2.45, 2.75) is 0 Å². The van der Waals surface area contributed by atoms with Gasteiger partial charge >= 0.3 is 4.87 Å². The number of nitrogen functional groups attached to an aromatic ring is 1. The summed E-state index contributed by atoms with van der Waals surface area (Å²) in [5.41, 5.74) is 7.13. The Hall–Kier alpha value is -1.49. The lowest BCUT2D eigenvalue weighted by Crippen LogP contribution is -2.06. The van der Waals surface area contributed by atoms with Crippen LogP contribution in [0.5, 0.6) is 5.75 Å². The van der Waals surface area contributed by atoms with Gasteiger partial charge in [0, 0.05) is 13.1 Å². The lowest BCUT2D eigenvalue weighted by molar-refractivity contribution is 0.417. The Bertz CT molecular complexity index is 541. The zero-order chi connectivity index (χ0) is 10.3. The van der Waals surface area contributed by atoms with E-state index in [2.05, 4.69) is 0 Å². The number of ether oxygens (including phenoxy) is 1. The Labute approximate surface area is 84.5 Å².